The molecule has 0 spiro atoms. The zero-order valence-corrected chi connectivity index (χ0v) is 10.00. The second-order valence-corrected chi connectivity index (χ2v) is 4.14. The summed E-state index contributed by atoms with van der Waals surface area (Å²) in [6, 6.07) is 4.77. The number of carbonyl (C=O) groups excluding carboxylic acids is 2. The van der Waals surface area contributed by atoms with Crippen LogP contribution in [-0.2, 0) is 16.1 Å². The van der Waals surface area contributed by atoms with Crippen molar-refractivity contribution < 1.29 is 14.0 Å². The third-order valence-electron chi connectivity index (χ3n) is 2.68. The van der Waals surface area contributed by atoms with E-state index >= 15 is 0 Å². The highest BCUT2D eigenvalue weighted by Gasteiger charge is 2.24. The average Bonchev–Trinajstić information content (AvgIpc) is 2.28. The topological polar surface area (TPSA) is 61.4 Å². The minimum atomic E-state index is -0.426. The number of nitrogens with one attached hydrogen (secondary N) is 2. The summed E-state index contributed by atoms with van der Waals surface area (Å²) in [6.45, 7) is 0.554. The molecule has 0 saturated carbocycles. The Labute approximate surface area is 104 Å². The molecule has 0 aromatic heterocycles. The first-order chi connectivity index (χ1) is 8.60. The van der Waals surface area contributed by atoms with Crippen LogP contribution in [0.1, 0.15) is 5.56 Å². The molecule has 2 rings (SSSR count). The van der Waals surface area contributed by atoms with Gasteiger partial charge in [-0.05, 0) is 24.7 Å². The Hall–Kier alpha value is -1.95. The molecule has 0 aliphatic carbocycles. The van der Waals surface area contributed by atoms with Crippen LogP contribution in [0.25, 0.3) is 0 Å². The van der Waals surface area contributed by atoms with Gasteiger partial charge in [-0.15, -0.1) is 0 Å². The van der Waals surface area contributed by atoms with Gasteiger partial charge >= 0.3 is 0 Å². The monoisotopic (exact) mass is 251 g/mol. The van der Waals surface area contributed by atoms with E-state index in [-0.39, 0.29) is 18.8 Å². The van der Waals surface area contributed by atoms with Crippen molar-refractivity contribution in [2.45, 2.75) is 6.54 Å². The standard InChI is InChI=1S/C12H14FN3O2/c1-14-5-8-2-3-10(9(13)4-8)16-6-11(17)15-12(18)7-16/h2-4,14H,5-7H2,1H3,(H,15,17,18). The predicted octanol–water partition coefficient (Wildman–Crippen LogP) is 0.00790. The van der Waals surface area contributed by atoms with Crippen LogP contribution in [0, 0.1) is 5.82 Å². The number of hydrogen-bond donors (Lipinski definition) is 2. The molecule has 1 aliphatic rings. The maximum absolute atomic E-state index is 13.9. The van der Waals surface area contributed by atoms with E-state index in [0.29, 0.717) is 6.54 Å². The molecule has 1 fully saturated rings. The number of amides is 2. The van der Waals surface area contributed by atoms with Crippen molar-refractivity contribution in [1.82, 2.24) is 10.6 Å². The number of rotatable bonds is 3. The summed E-state index contributed by atoms with van der Waals surface area (Å²) < 4.78 is 13.9. The molecule has 1 aromatic rings. The van der Waals surface area contributed by atoms with E-state index in [0.717, 1.165) is 5.56 Å². The second kappa shape index (κ2) is 5.14. The lowest BCUT2D eigenvalue weighted by Gasteiger charge is -2.27. The molecule has 0 radical (unpaired) electrons. The quantitative estimate of drug-likeness (QED) is 0.743. The largest absolute Gasteiger partial charge is 0.351 e. The van der Waals surface area contributed by atoms with Gasteiger partial charge in [-0.25, -0.2) is 4.39 Å². The van der Waals surface area contributed by atoms with Gasteiger partial charge in [0.1, 0.15) is 5.82 Å². The van der Waals surface area contributed by atoms with Crippen LogP contribution < -0.4 is 15.5 Å². The van der Waals surface area contributed by atoms with Crippen molar-refractivity contribution in [3.05, 3.63) is 29.6 Å². The van der Waals surface area contributed by atoms with Crippen LogP contribution in [0.2, 0.25) is 0 Å². The molecule has 0 atom stereocenters. The molecule has 1 aromatic carbocycles. The lowest BCUT2D eigenvalue weighted by atomic mass is 10.1. The minimum Gasteiger partial charge on any atom is -0.351 e. The minimum absolute atomic E-state index is 0.00592. The van der Waals surface area contributed by atoms with Gasteiger partial charge in [-0.1, -0.05) is 6.07 Å². The van der Waals surface area contributed by atoms with Gasteiger partial charge in [0.05, 0.1) is 18.8 Å². The lowest BCUT2D eigenvalue weighted by molar-refractivity contribution is -0.130. The van der Waals surface area contributed by atoms with Gasteiger partial charge in [-0.3, -0.25) is 14.9 Å². The van der Waals surface area contributed by atoms with Crippen LogP contribution in [0.4, 0.5) is 10.1 Å². The van der Waals surface area contributed by atoms with E-state index in [1.807, 2.05) is 0 Å². The molecular weight excluding hydrogens is 237 g/mol. The Balaban J connectivity index is 2.22. The summed E-state index contributed by atoms with van der Waals surface area (Å²) in [6.07, 6.45) is 0. The van der Waals surface area contributed by atoms with Crippen molar-refractivity contribution >= 4 is 17.5 Å². The number of imide groups is 1. The Bertz CT molecular complexity index is 474. The van der Waals surface area contributed by atoms with Crippen molar-refractivity contribution in [2.24, 2.45) is 0 Å². The molecule has 1 heterocycles. The lowest BCUT2D eigenvalue weighted by Crippen LogP contribution is -2.51. The van der Waals surface area contributed by atoms with Gasteiger partial charge in [0, 0.05) is 6.54 Å². The summed E-state index contributed by atoms with van der Waals surface area (Å²) in [4.78, 5) is 23.9. The Morgan fingerprint density at radius 1 is 1.33 bits per heavy atom. The summed E-state index contributed by atoms with van der Waals surface area (Å²) in [5.74, 6) is -1.25. The van der Waals surface area contributed by atoms with Gasteiger partial charge in [0.15, 0.2) is 0 Å². The molecule has 6 heteroatoms. The molecule has 96 valence electrons. The third kappa shape index (κ3) is 2.65. The summed E-state index contributed by atoms with van der Waals surface area (Å²) >= 11 is 0. The van der Waals surface area contributed by atoms with E-state index in [2.05, 4.69) is 10.6 Å². The van der Waals surface area contributed by atoms with Crippen molar-refractivity contribution in [1.29, 1.82) is 0 Å². The SMILES string of the molecule is CNCc1ccc(N2CC(=O)NC(=O)C2)c(F)c1. The zero-order chi connectivity index (χ0) is 13.1. The Kier molecular flexibility index (Phi) is 3.57. The smallest absolute Gasteiger partial charge is 0.246 e. The van der Waals surface area contributed by atoms with Crippen molar-refractivity contribution in [3.63, 3.8) is 0 Å². The molecule has 5 nitrogen and oxygen atoms in total. The first-order valence-electron chi connectivity index (χ1n) is 5.61. The fourth-order valence-corrected chi connectivity index (χ4v) is 1.93. The van der Waals surface area contributed by atoms with Crippen molar-refractivity contribution in [2.75, 3.05) is 25.0 Å². The molecule has 0 unspecified atom stereocenters. The predicted molar refractivity (Wildman–Crippen MR) is 64.5 cm³/mol. The van der Waals surface area contributed by atoms with Crippen molar-refractivity contribution in [3.8, 4) is 0 Å². The highest BCUT2D eigenvalue weighted by atomic mass is 19.1. The van der Waals surface area contributed by atoms with E-state index in [9.17, 15) is 14.0 Å². The van der Waals surface area contributed by atoms with E-state index in [1.54, 1.807) is 19.2 Å². The molecule has 1 aliphatic heterocycles. The number of benzene rings is 1. The van der Waals surface area contributed by atoms with Crippen LogP contribution in [-0.4, -0.2) is 32.0 Å². The number of halogens is 1. The van der Waals surface area contributed by atoms with Crippen LogP contribution in [0.5, 0.6) is 0 Å². The van der Waals surface area contributed by atoms with E-state index in [4.69, 9.17) is 0 Å². The fourth-order valence-electron chi connectivity index (χ4n) is 1.93. The maximum Gasteiger partial charge on any atom is 0.246 e. The highest BCUT2D eigenvalue weighted by Crippen LogP contribution is 2.21. The molecule has 0 bridgehead atoms. The summed E-state index contributed by atoms with van der Waals surface area (Å²) in [5.41, 5.74) is 1.09. The number of carbonyl (C=O) groups is 2. The molecule has 2 amide bonds. The first-order valence-corrected chi connectivity index (χ1v) is 5.61. The van der Waals surface area contributed by atoms with Gasteiger partial charge in [0.25, 0.3) is 0 Å². The zero-order valence-electron chi connectivity index (χ0n) is 10.00. The molecular formula is C12H14FN3O2. The van der Waals surface area contributed by atoms with Gasteiger partial charge < -0.3 is 10.2 Å². The van der Waals surface area contributed by atoms with Gasteiger partial charge in [0.2, 0.25) is 11.8 Å². The number of anilines is 1. The van der Waals surface area contributed by atoms with Crippen LogP contribution in [0.15, 0.2) is 18.2 Å². The normalized spacial score (nSPS) is 15.8. The molecule has 18 heavy (non-hydrogen) atoms. The van der Waals surface area contributed by atoms with Crippen LogP contribution >= 0.6 is 0 Å². The highest BCUT2D eigenvalue weighted by molar-refractivity contribution is 6.02. The Morgan fingerprint density at radius 2 is 2.00 bits per heavy atom. The van der Waals surface area contributed by atoms with Crippen LogP contribution in [0.3, 0.4) is 0 Å². The van der Waals surface area contributed by atoms with E-state index < -0.39 is 17.6 Å². The third-order valence-corrected chi connectivity index (χ3v) is 2.68. The van der Waals surface area contributed by atoms with Gasteiger partial charge in [-0.2, -0.15) is 0 Å². The fraction of sp³-hybridized carbons (Fsp3) is 0.333. The number of nitrogens with zero attached hydrogens (tertiary/aromatic N) is 1. The average molecular weight is 251 g/mol. The molecule has 2 N–H and O–H groups in total. The Morgan fingerprint density at radius 3 is 2.56 bits per heavy atom. The van der Waals surface area contributed by atoms with E-state index in [1.165, 1.54) is 11.0 Å². The summed E-state index contributed by atoms with van der Waals surface area (Å²) in [5, 5.41) is 5.10. The summed E-state index contributed by atoms with van der Waals surface area (Å²) in [7, 11) is 1.78. The first kappa shape index (κ1) is 12.5. The number of piperazine rings is 1. The number of hydrogen-bond acceptors (Lipinski definition) is 4. The molecule has 1 saturated heterocycles. The maximum atomic E-state index is 13.9. The second-order valence-electron chi connectivity index (χ2n) is 4.14.